The molecule has 0 aromatic rings. The van der Waals surface area contributed by atoms with Gasteiger partial charge in [0.25, 0.3) is 0 Å². The van der Waals surface area contributed by atoms with Gasteiger partial charge < -0.3 is 129 Å². The molecule has 11 fully saturated rings. The second-order valence-electron chi connectivity index (χ2n) is 28.2. The van der Waals surface area contributed by atoms with Crippen LogP contribution in [-0.2, 0) is 56.9 Å². The number of hydrogen-bond acceptors (Lipinski definition) is 27. The Labute approximate surface area is 492 Å². The van der Waals surface area contributed by atoms with Crippen molar-refractivity contribution in [1.29, 1.82) is 0 Å². The molecule has 7 heterocycles. The van der Waals surface area contributed by atoms with Crippen molar-refractivity contribution in [2.45, 2.75) is 253 Å². The maximum atomic E-state index is 13.4. The first-order valence-electron chi connectivity index (χ1n) is 30.4. The summed E-state index contributed by atoms with van der Waals surface area (Å²) in [5.74, 6) is 0.0889. The molecule has 1 spiro atoms. The third-order valence-electron chi connectivity index (χ3n) is 23.4. The van der Waals surface area contributed by atoms with Gasteiger partial charge in [-0.3, -0.25) is 4.79 Å². The van der Waals surface area contributed by atoms with Gasteiger partial charge in [0.1, 0.15) is 110 Å². The van der Waals surface area contributed by atoms with Gasteiger partial charge in [0, 0.05) is 5.41 Å². The number of aliphatic hydroxyl groups is 15. The Morgan fingerprint density at radius 1 is 0.553 bits per heavy atom. The molecule has 486 valence electrons. The summed E-state index contributed by atoms with van der Waals surface area (Å²) in [5, 5.41) is 164. The van der Waals surface area contributed by atoms with E-state index in [4.69, 9.17) is 52.1 Å². The summed E-state index contributed by atoms with van der Waals surface area (Å²) in [5.41, 5.74) is -1.21. The topological polar surface area (TPSA) is 422 Å². The number of carbonyl (C=O) groups excluding carboxylic acids is 1. The fourth-order valence-electron chi connectivity index (χ4n) is 17.9. The zero-order chi connectivity index (χ0) is 61.4. The highest BCUT2D eigenvalue weighted by atomic mass is 16.8. The van der Waals surface area contributed by atoms with E-state index < -0.39 is 203 Å². The molecule has 0 unspecified atom stereocenters. The fraction of sp³-hybridized carbons (Fsp3) is 0.948. The second kappa shape index (κ2) is 23.7. The summed E-state index contributed by atoms with van der Waals surface area (Å²) < 4.78 is 66.5. The van der Waals surface area contributed by atoms with Crippen LogP contribution in [0.2, 0.25) is 0 Å². The van der Waals surface area contributed by atoms with E-state index in [-0.39, 0.29) is 46.6 Å². The van der Waals surface area contributed by atoms with E-state index in [0.29, 0.717) is 32.1 Å². The van der Waals surface area contributed by atoms with Crippen molar-refractivity contribution in [3.63, 3.8) is 0 Å². The van der Waals surface area contributed by atoms with Crippen molar-refractivity contribution in [2.24, 2.45) is 50.2 Å². The quantitative estimate of drug-likeness (QED) is 0.0475. The molecule has 27 nitrogen and oxygen atoms in total. The summed E-state index contributed by atoms with van der Waals surface area (Å²) in [6, 6.07) is 0. The maximum absolute atomic E-state index is 13.4. The molecule has 15 N–H and O–H groups in total. The number of fused-ring (bicyclic) bond motifs is 8. The van der Waals surface area contributed by atoms with Gasteiger partial charge in [-0.15, -0.1) is 0 Å². The highest BCUT2D eigenvalue weighted by Gasteiger charge is 2.72. The lowest BCUT2D eigenvalue weighted by Crippen LogP contribution is -2.67. The summed E-state index contributed by atoms with van der Waals surface area (Å²) in [6.45, 7) is 10.2. The third-order valence-corrected chi connectivity index (χ3v) is 23.4. The van der Waals surface area contributed by atoms with Crippen LogP contribution in [0.15, 0.2) is 11.6 Å². The van der Waals surface area contributed by atoms with E-state index in [9.17, 15) is 81.4 Å². The third kappa shape index (κ3) is 10.5. The number of esters is 1. The summed E-state index contributed by atoms with van der Waals surface area (Å²) in [4.78, 5) is 13.4. The Morgan fingerprint density at radius 3 is 1.84 bits per heavy atom. The van der Waals surface area contributed by atoms with Gasteiger partial charge >= 0.3 is 5.97 Å². The van der Waals surface area contributed by atoms with Crippen molar-refractivity contribution < 1.29 is 133 Å². The predicted octanol–water partition coefficient (Wildman–Crippen LogP) is -3.94. The fourth-order valence-corrected chi connectivity index (χ4v) is 17.9. The van der Waals surface area contributed by atoms with Crippen LogP contribution in [-0.4, -0.2) is 276 Å². The maximum Gasteiger partial charge on any atom is 0.311 e. The van der Waals surface area contributed by atoms with Gasteiger partial charge in [-0.1, -0.05) is 46.3 Å². The number of carbonyl (C=O) groups is 1. The van der Waals surface area contributed by atoms with Crippen LogP contribution in [0, 0.1) is 50.2 Å². The Balaban J connectivity index is 0.851. The van der Waals surface area contributed by atoms with Crippen molar-refractivity contribution >= 4 is 5.97 Å². The molecule has 4 saturated carbocycles. The molecule has 12 aliphatic rings. The average Bonchev–Trinajstić information content (AvgIpc) is 1.51. The first-order chi connectivity index (χ1) is 40.0. The lowest BCUT2D eigenvalue weighted by Gasteiger charge is -2.71. The number of rotatable bonds is 13. The number of aliphatic hydroxyl groups excluding tert-OH is 15. The molecule has 0 aromatic heterocycles. The molecule has 7 aliphatic heterocycles. The number of hydrogen-bond donors (Lipinski definition) is 15. The zero-order valence-electron chi connectivity index (χ0n) is 49.0. The Morgan fingerprint density at radius 2 is 1.15 bits per heavy atom. The van der Waals surface area contributed by atoms with E-state index in [2.05, 4.69) is 40.7 Å². The largest absolute Gasteiger partial charge is 0.465 e. The van der Waals surface area contributed by atoms with Crippen molar-refractivity contribution in [3.8, 4) is 0 Å². The van der Waals surface area contributed by atoms with Crippen LogP contribution in [0.1, 0.15) is 99.3 Å². The number of ether oxygens (including phenoxy) is 11. The van der Waals surface area contributed by atoms with Gasteiger partial charge in [-0.2, -0.15) is 0 Å². The van der Waals surface area contributed by atoms with Gasteiger partial charge in [-0.25, -0.2) is 0 Å². The molecule has 2 bridgehead atoms. The van der Waals surface area contributed by atoms with Crippen LogP contribution in [0.25, 0.3) is 0 Å². The van der Waals surface area contributed by atoms with Gasteiger partial charge in [-0.05, 0) is 104 Å². The Kier molecular flexibility index (Phi) is 18.1. The minimum Gasteiger partial charge on any atom is -0.465 e. The molecule has 12 rings (SSSR count). The minimum atomic E-state index is -2.03. The molecule has 0 radical (unpaired) electrons. The number of allylic oxidation sites excluding steroid dienone is 2. The molecule has 7 saturated heterocycles. The van der Waals surface area contributed by atoms with Gasteiger partial charge in [0.05, 0.1) is 57.3 Å². The summed E-state index contributed by atoms with van der Waals surface area (Å²) >= 11 is 0. The first-order valence-corrected chi connectivity index (χ1v) is 30.4. The minimum absolute atomic E-state index is 0.00873. The van der Waals surface area contributed by atoms with Crippen LogP contribution in [0.5, 0.6) is 0 Å². The van der Waals surface area contributed by atoms with E-state index in [0.717, 1.165) is 25.7 Å². The monoisotopic (exact) mass is 1220 g/mol. The molecule has 85 heavy (non-hydrogen) atoms. The molecule has 33 atom stereocenters. The predicted molar refractivity (Wildman–Crippen MR) is 283 cm³/mol. The second-order valence-corrected chi connectivity index (χ2v) is 28.2. The SMILES string of the molecule is CC1(C)[C@@H](O[C@@H]2OC[C@H](O[C@@H]3O[C@H](CO[C@@H]4O[C@H](CO)[C@@H](O)[C@H](O)[C@H]4O)[C@@H](O)[C@H](O)[C@H]3O[C@@H]3OC[C@@H](O)[C@H](O)[C@H]3O)[C@H](O)[C@H]2O[C@@H]2O[C@H](CO)[C@@H](O)[C@H](O)[C@H]2O)CC[C@]2(C)[C@H]3CC=C4[C@@H]5C[C@]6(C)CC[C@]5(COC6=O)[C@H](O)C[C@@]4(C)[C@]3(C)CC[C@@H]12. The molecule has 0 aromatic carbocycles. The van der Waals surface area contributed by atoms with Gasteiger partial charge in [0.2, 0.25) is 0 Å². The van der Waals surface area contributed by atoms with Crippen LogP contribution >= 0.6 is 0 Å². The average molecular weight is 1220 g/mol. The van der Waals surface area contributed by atoms with Crippen LogP contribution in [0.3, 0.4) is 0 Å². The van der Waals surface area contributed by atoms with E-state index >= 15 is 0 Å². The van der Waals surface area contributed by atoms with Crippen molar-refractivity contribution in [2.75, 3.05) is 39.6 Å². The van der Waals surface area contributed by atoms with E-state index in [1.54, 1.807) is 0 Å². The standard InChI is InChI=1S/C58H92O27/c1-53(2)30-9-12-56(5)31(8-7-23-24-15-54(3)13-14-58(24,22-78-52(54)74)32(62)16-57(23,56)6)55(30,4)11-10-33(53)83-50-45(85-49-44(73)40(69)36(65)27(18-60)80-49)38(67)29(21-77-50)82-51-46(84-48-42(71)34(63)25(61)19-75-48)41(70)37(66)28(81-51)20-76-47-43(72)39(68)35(64)26(17-59)79-47/h7,24-51,59-73H,8-22H2,1-6H3/t24-,25+,26+,27+,28+,29-,30-,31+,32+,33-,34-,35+,36+,37+,38-,39-,40-,41-,42+,43+,44+,45+,46+,47+,48-,49-,50-,51-,54-,55-,56+,57+,58+/m0/s1. The van der Waals surface area contributed by atoms with E-state index in [1.165, 1.54) is 5.57 Å². The van der Waals surface area contributed by atoms with Crippen LogP contribution in [0.4, 0.5) is 0 Å². The lowest BCUT2D eigenvalue weighted by atomic mass is 9.33. The van der Waals surface area contributed by atoms with Crippen LogP contribution < -0.4 is 0 Å². The first kappa shape index (κ1) is 64.7. The van der Waals surface area contributed by atoms with E-state index in [1.807, 2.05) is 6.92 Å². The van der Waals surface area contributed by atoms with Gasteiger partial charge in [0.15, 0.2) is 31.5 Å². The molecule has 5 aliphatic carbocycles. The molecule has 0 amide bonds. The lowest BCUT2D eigenvalue weighted by molar-refractivity contribution is -0.394. The highest BCUT2D eigenvalue weighted by molar-refractivity contribution is 5.77. The molecule has 27 heteroatoms. The molecular weight excluding hydrogens is 1130 g/mol. The highest BCUT2D eigenvalue weighted by Crippen LogP contribution is 2.76. The Bertz CT molecular complexity index is 2400. The van der Waals surface area contributed by atoms with Crippen molar-refractivity contribution in [3.05, 3.63) is 11.6 Å². The zero-order valence-corrected chi connectivity index (χ0v) is 49.0. The van der Waals surface area contributed by atoms with Crippen molar-refractivity contribution in [1.82, 2.24) is 0 Å². The summed E-state index contributed by atoms with van der Waals surface area (Å²) in [6.07, 6.45) is -32.9. The Hall–Kier alpha value is -1.79. The summed E-state index contributed by atoms with van der Waals surface area (Å²) in [7, 11) is 0. The normalized spacial score (nSPS) is 55.9. The molecular formula is C58H92O27. The smallest absolute Gasteiger partial charge is 0.311 e.